The summed E-state index contributed by atoms with van der Waals surface area (Å²) in [6, 6.07) is 9.84. The van der Waals surface area contributed by atoms with Gasteiger partial charge in [0.1, 0.15) is 17.4 Å². The third kappa shape index (κ3) is 5.58. The first kappa shape index (κ1) is 32.2. The van der Waals surface area contributed by atoms with E-state index in [0.717, 1.165) is 18.9 Å². The van der Waals surface area contributed by atoms with E-state index in [4.69, 9.17) is 35.5 Å². The zero-order chi connectivity index (χ0) is 34.2. The molecule has 2 unspecified atom stereocenters. The molecule has 8 rings (SSSR count). The van der Waals surface area contributed by atoms with Crippen LogP contribution < -0.4 is 14.5 Å². The van der Waals surface area contributed by atoms with Gasteiger partial charge in [-0.05, 0) is 31.9 Å². The van der Waals surface area contributed by atoms with Crippen molar-refractivity contribution in [3.8, 4) is 16.9 Å². The minimum absolute atomic E-state index is 0.0257. The molecule has 5 aliphatic heterocycles. The Balaban J connectivity index is 1.03. The molecule has 4 fully saturated rings. The molecule has 13 heteroatoms. The summed E-state index contributed by atoms with van der Waals surface area (Å²) in [5, 5.41) is 10.3. The van der Waals surface area contributed by atoms with Gasteiger partial charge in [0.2, 0.25) is 5.79 Å². The van der Waals surface area contributed by atoms with Crippen LogP contribution in [0.25, 0.3) is 11.1 Å². The Hall–Kier alpha value is -3.97. The van der Waals surface area contributed by atoms with Crippen molar-refractivity contribution < 1.29 is 38.0 Å². The van der Waals surface area contributed by atoms with E-state index in [2.05, 4.69) is 18.7 Å². The fourth-order valence-electron chi connectivity index (χ4n) is 7.60. The van der Waals surface area contributed by atoms with E-state index in [9.17, 15) is 14.7 Å². The van der Waals surface area contributed by atoms with E-state index < -0.39 is 17.6 Å². The number of hydrogen-bond donors (Lipinski definition) is 1. The van der Waals surface area contributed by atoms with Gasteiger partial charge in [0.15, 0.2) is 6.73 Å². The largest absolute Gasteiger partial charge is 0.478 e. The minimum Gasteiger partial charge on any atom is -0.478 e. The number of rotatable bonds is 5. The number of hydrogen-bond acceptors (Lipinski definition) is 9. The van der Waals surface area contributed by atoms with Gasteiger partial charge in [0.25, 0.3) is 5.91 Å². The molecule has 0 aliphatic carbocycles. The van der Waals surface area contributed by atoms with E-state index in [-0.39, 0.29) is 58.4 Å². The van der Waals surface area contributed by atoms with Crippen LogP contribution in [0.3, 0.4) is 0 Å². The standard InChI is InChI=1S/C36H38ClFN4O7/c1-20-31(27(37)11-30(39-20)41-15-36(16-41)48-17-35(2,3)18-49-36)33(43)40-12-21-5-4-6-24(32(21)47-19-40)25-10-29(26(34(44)45)9-28(25)38)42-22-7-8-23(42)14-46-13-22/h4-6,9-11,22-23H,7-8,12-19H2,1-3H3,(H,44,45). The monoisotopic (exact) mass is 692 g/mol. The Morgan fingerprint density at radius 2 is 1.76 bits per heavy atom. The maximum absolute atomic E-state index is 15.7. The number of carboxylic acid groups (broad SMARTS) is 1. The molecule has 3 aromatic rings. The lowest BCUT2D eigenvalue weighted by Crippen LogP contribution is -2.68. The lowest BCUT2D eigenvalue weighted by Gasteiger charge is -2.53. The van der Waals surface area contributed by atoms with Gasteiger partial charge in [-0.1, -0.05) is 43.6 Å². The van der Waals surface area contributed by atoms with Gasteiger partial charge in [0, 0.05) is 28.2 Å². The maximum atomic E-state index is 15.7. The number of carbonyl (C=O) groups excluding carboxylic acids is 1. The van der Waals surface area contributed by atoms with Crippen LogP contribution in [-0.4, -0.2) is 91.0 Å². The molecule has 11 nitrogen and oxygen atoms in total. The predicted octanol–water partition coefficient (Wildman–Crippen LogP) is 5.50. The zero-order valence-electron chi connectivity index (χ0n) is 27.6. The van der Waals surface area contributed by atoms with Crippen LogP contribution in [0, 0.1) is 18.2 Å². The van der Waals surface area contributed by atoms with E-state index in [1.165, 1.54) is 4.90 Å². The van der Waals surface area contributed by atoms with Crippen molar-refractivity contribution in [3.05, 3.63) is 69.6 Å². The molecule has 2 atom stereocenters. The highest BCUT2D eigenvalue weighted by Gasteiger charge is 2.50. The van der Waals surface area contributed by atoms with Crippen LogP contribution in [0.1, 0.15) is 58.7 Å². The van der Waals surface area contributed by atoms with Gasteiger partial charge in [-0.25, -0.2) is 14.2 Å². The molecule has 49 heavy (non-hydrogen) atoms. The minimum atomic E-state index is -1.19. The summed E-state index contributed by atoms with van der Waals surface area (Å²) in [5.74, 6) is -1.73. The van der Waals surface area contributed by atoms with E-state index >= 15 is 4.39 Å². The van der Waals surface area contributed by atoms with Crippen molar-refractivity contribution in [1.82, 2.24) is 9.88 Å². The number of para-hydroxylation sites is 1. The van der Waals surface area contributed by atoms with Gasteiger partial charge in [0.05, 0.1) is 85.7 Å². The molecule has 2 bridgehead atoms. The second kappa shape index (κ2) is 11.8. The summed E-state index contributed by atoms with van der Waals surface area (Å²) >= 11 is 6.74. The number of nitrogens with zero attached hydrogens (tertiary/aromatic N) is 4. The molecular weight excluding hydrogens is 655 g/mol. The molecule has 2 aromatic carbocycles. The molecule has 1 aromatic heterocycles. The molecule has 0 radical (unpaired) electrons. The van der Waals surface area contributed by atoms with Crippen molar-refractivity contribution in [2.24, 2.45) is 5.41 Å². The van der Waals surface area contributed by atoms with Crippen molar-refractivity contribution in [3.63, 3.8) is 0 Å². The van der Waals surface area contributed by atoms with Gasteiger partial charge < -0.3 is 38.8 Å². The van der Waals surface area contributed by atoms with E-state index in [1.807, 2.05) is 11.0 Å². The average Bonchev–Trinajstić information content (AvgIpc) is 3.29. The Labute approximate surface area is 288 Å². The van der Waals surface area contributed by atoms with Crippen molar-refractivity contribution >= 4 is 35.0 Å². The van der Waals surface area contributed by atoms with Crippen molar-refractivity contribution in [1.29, 1.82) is 0 Å². The SMILES string of the molecule is Cc1nc(N2CC3(C2)OCC(C)(C)CO3)cc(Cl)c1C(=O)N1COc2c(cccc2-c2cc(N3C4CCC3COC4)c(C(=O)O)cc2F)C1. The number of pyridine rings is 1. The highest BCUT2D eigenvalue weighted by molar-refractivity contribution is 6.34. The van der Waals surface area contributed by atoms with Crippen LogP contribution in [0.5, 0.6) is 5.75 Å². The van der Waals surface area contributed by atoms with Crippen molar-refractivity contribution in [2.45, 2.75) is 58.0 Å². The van der Waals surface area contributed by atoms with E-state index in [1.54, 1.807) is 31.2 Å². The van der Waals surface area contributed by atoms with Gasteiger partial charge in [-0.3, -0.25) is 4.79 Å². The molecule has 6 heterocycles. The first-order valence-electron chi connectivity index (χ1n) is 16.6. The zero-order valence-corrected chi connectivity index (χ0v) is 28.4. The molecule has 1 amide bonds. The summed E-state index contributed by atoms with van der Waals surface area (Å²) in [6.45, 7) is 9.36. The van der Waals surface area contributed by atoms with Crippen LogP contribution in [0.4, 0.5) is 15.9 Å². The number of carbonyl (C=O) groups is 2. The number of amides is 1. The van der Waals surface area contributed by atoms with Crippen molar-refractivity contribution in [2.75, 3.05) is 56.0 Å². The predicted molar refractivity (Wildman–Crippen MR) is 179 cm³/mol. The smallest absolute Gasteiger partial charge is 0.337 e. The molecule has 1 N–H and O–H groups in total. The third-order valence-corrected chi connectivity index (χ3v) is 10.5. The number of aryl methyl sites for hydroxylation is 1. The number of carboxylic acids is 1. The second-order valence-electron chi connectivity index (χ2n) is 14.5. The molecular formula is C36H38ClFN4O7. The second-order valence-corrected chi connectivity index (χ2v) is 14.9. The Kier molecular flexibility index (Phi) is 7.78. The molecule has 4 saturated heterocycles. The Morgan fingerprint density at radius 1 is 1.04 bits per heavy atom. The number of fused-ring (bicyclic) bond motifs is 3. The molecule has 5 aliphatic rings. The number of anilines is 2. The Bertz CT molecular complexity index is 1810. The van der Waals surface area contributed by atoms with Crippen LogP contribution in [0.2, 0.25) is 5.02 Å². The number of aromatic carboxylic acids is 1. The summed E-state index contributed by atoms with van der Waals surface area (Å²) in [7, 11) is 0. The maximum Gasteiger partial charge on any atom is 0.337 e. The van der Waals surface area contributed by atoms with Crippen LogP contribution in [0.15, 0.2) is 36.4 Å². The van der Waals surface area contributed by atoms with Crippen LogP contribution >= 0.6 is 11.6 Å². The summed E-state index contributed by atoms with van der Waals surface area (Å²) in [4.78, 5) is 36.4. The van der Waals surface area contributed by atoms with Gasteiger partial charge in [-0.2, -0.15) is 0 Å². The summed E-state index contributed by atoms with van der Waals surface area (Å²) in [5.41, 5.74) is 2.56. The molecule has 258 valence electrons. The van der Waals surface area contributed by atoms with Crippen LogP contribution in [-0.2, 0) is 20.8 Å². The highest BCUT2D eigenvalue weighted by Crippen LogP contribution is 2.44. The fourth-order valence-corrected chi connectivity index (χ4v) is 7.92. The number of ether oxygens (including phenoxy) is 4. The highest BCUT2D eigenvalue weighted by atomic mass is 35.5. The lowest BCUT2D eigenvalue weighted by atomic mass is 9.93. The normalized spacial score (nSPS) is 23.6. The number of halogens is 2. The Morgan fingerprint density at radius 3 is 2.43 bits per heavy atom. The quantitative estimate of drug-likeness (QED) is 0.368. The average molecular weight is 693 g/mol. The number of aromatic nitrogens is 1. The van der Waals surface area contributed by atoms with Gasteiger partial charge >= 0.3 is 5.97 Å². The number of benzene rings is 2. The summed E-state index contributed by atoms with van der Waals surface area (Å²) < 4.78 is 39.7. The third-order valence-electron chi connectivity index (χ3n) is 10.2. The van der Waals surface area contributed by atoms with E-state index in [0.29, 0.717) is 73.6 Å². The fraction of sp³-hybridized carbons (Fsp3) is 0.472. The lowest BCUT2D eigenvalue weighted by molar-refractivity contribution is -0.307. The molecule has 1 spiro atoms. The van der Waals surface area contributed by atoms with Gasteiger partial charge in [-0.15, -0.1) is 0 Å². The number of morpholine rings is 1. The first-order valence-corrected chi connectivity index (χ1v) is 17.0. The molecule has 0 saturated carbocycles. The summed E-state index contributed by atoms with van der Waals surface area (Å²) in [6.07, 6.45) is 1.76. The topological polar surface area (TPSA) is 114 Å². The first-order chi connectivity index (χ1) is 23.4.